The van der Waals surface area contributed by atoms with Gasteiger partial charge in [0.05, 0.1) is 5.69 Å². The summed E-state index contributed by atoms with van der Waals surface area (Å²) >= 11 is 1.73. The molecule has 1 N–H and O–H groups in total. The summed E-state index contributed by atoms with van der Waals surface area (Å²) in [5.74, 6) is 0. The largest absolute Gasteiger partial charge is 0.372 e. The van der Waals surface area contributed by atoms with Crippen LogP contribution in [0.15, 0.2) is 30.3 Å². The molecule has 1 aromatic heterocycles. The third kappa shape index (κ3) is 3.90. The highest BCUT2D eigenvalue weighted by Crippen LogP contribution is 2.35. The Morgan fingerprint density at radius 2 is 1.90 bits per heavy atom. The fourth-order valence-electron chi connectivity index (χ4n) is 1.93. The Morgan fingerprint density at radius 1 is 1.24 bits per heavy atom. The first-order chi connectivity index (χ1) is 9.94. The number of nitrogens with zero attached hydrogens (tertiary/aromatic N) is 1. The van der Waals surface area contributed by atoms with Crippen LogP contribution in [-0.2, 0) is 16.9 Å². The monoisotopic (exact) mass is 304 g/mol. The molecule has 1 heterocycles. The molecule has 0 spiro atoms. The Hall–Kier alpha value is -1.23. The summed E-state index contributed by atoms with van der Waals surface area (Å²) in [7, 11) is 1.73. The second kappa shape index (κ2) is 6.69. The van der Waals surface area contributed by atoms with E-state index < -0.39 is 0 Å². The molecule has 0 unspecified atom stereocenters. The number of thiazole rings is 1. The van der Waals surface area contributed by atoms with Gasteiger partial charge in [-0.05, 0) is 13.8 Å². The van der Waals surface area contributed by atoms with Gasteiger partial charge in [0.15, 0.2) is 0 Å². The van der Waals surface area contributed by atoms with E-state index in [-0.39, 0.29) is 5.60 Å². The number of methoxy groups -OCH3 is 1. The third-order valence-electron chi connectivity index (χ3n) is 3.44. The summed E-state index contributed by atoms with van der Waals surface area (Å²) in [6.07, 6.45) is 0. The lowest BCUT2D eigenvalue weighted by Gasteiger charge is -2.19. The zero-order chi connectivity index (χ0) is 15.5. The molecule has 0 saturated heterocycles. The first-order valence-electron chi connectivity index (χ1n) is 7.28. The Balaban J connectivity index is 2.41. The summed E-state index contributed by atoms with van der Waals surface area (Å²) in [4.78, 5) is 6.11. The van der Waals surface area contributed by atoms with Gasteiger partial charge in [0, 0.05) is 30.1 Å². The first-order valence-corrected chi connectivity index (χ1v) is 8.10. The average molecular weight is 304 g/mol. The van der Waals surface area contributed by atoms with Gasteiger partial charge in [-0.25, -0.2) is 4.98 Å². The smallest absolute Gasteiger partial charge is 0.125 e. The lowest BCUT2D eigenvalue weighted by Crippen LogP contribution is -2.21. The standard InChI is InChI=1S/C17H24N2OS/c1-12(2)18-11-14-15(13-9-7-6-8-10-13)19-16(21-14)17(3,4)20-5/h6-10,12,18H,11H2,1-5H3. The number of hydrogen-bond acceptors (Lipinski definition) is 4. The Labute approximate surface area is 131 Å². The number of ether oxygens (including phenoxy) is 1. The van der Waals surface area contributed by atoms with Crippen LogP contribution in [0.3, 0.4) is 0 Å². The fraction of sp³-hybridized carbons (Fsp3) is 0.471. The van der Waals surface area contributed by atoms with Crippen LogP contribution >= 0.6 is 11.3 Å². The van der Waals surface area contributed by atoms with E-state index >= 15 is 0 Å². The molecular weight excluding hydrogens is 280 g/mol. The summed E-state index contributed by atoms with van der Waals surface area (Å²) in [6.45, 7) is 9.26. The quantitative estimate of drug-likeness (QED) is 0.869. The van der Waals surface area contributed by atoms with E-state index in [0.29, 0.717) is 6.04 Å². The molecular formula is C17H24N2OS. The second-order valence-corrected chi connectivity index (χ2v) is 6.99. The van der Waals surface area contributed by atoms with E-state index in [0.717, 1.165) is 22.8 Å². The minimum absolute atomic E-state index is 0.357. The molecule has 0 aliphatic carbocycles. The zero-order valence-electron chi connectivity index (χ0n) is 13.4. The van der Waals surface area contributed by atoms with Gasteiger partial charge in [0.25, 0.3) is 0 Å². The molecule has 4 heteroatoms. The normalized spacial score (nSPS) is 12.1. The van der Waals surface area contributed by atoms with Crippen LogP contribution in [0.25, 0.3) is 11.3 Å². The van der Waals surface area contributed by atoms with Crippen molar-refractivity contribution in [2.45, 2.75) is 45.9 Å². The van der Waals surface area contributed by atoms with Crippen LogP contribution in [0, 0.1) is 0 Å². The van der Waals surface area contributed by atoms with Crippen molar-refractivity contribution in [3.63, 3.8) is 0 Å². The number of benzene rings is 1. The van der Waals surface area contributed by atoms with Crippen molar-refractivity contribution in [3.05, 3.63) is 40.2 Å². The van der Waals surface area contributed by atoms with E-state index in [9.17, 15) is 0 Å². The zero-order valence-corrected chi connectivity index (χ0v) is 14.3. The second-order valence-electron chi connectivity index (χ2n) is 5.91. The van der Waals surface area contributed by atoms with Gasteiger partial charge in [0.1, 0.15) is 10.6 Å². The topological polar surface area (TPSA) is 34.1 Å². The summed E-state index contributed by atoms with van der Waals surface area (Å²) in [5.41, 5.74) is 1.87. The maximum atomic E-state index is 5.58. The maximum Gasteiger partial charge on any atom is 0.125 e. The minimum atomic E-state index is -0.357. The average Bonchev–Trinajstić information content (AvgIpc) is 2.91. The Morgan fingerprint density at radius 3 is 2.48 bits per heavy atom. The van der Waals surface area contributed by atoms with Crippen molar-refractivity contribution in [1.82, 2.24) is 10.3 Å². The molecule has 0 atom stereocenters. The summed E-state index contributed by atoms with van der Waals surface area (Å²) < 4.78 is 5.58. The van der Waals surface area contributed by atoms with Gasteiger partial charge in [0.2, 0.25) is 0 Å². The molecule has 0 fully saturated rings. The number of nitrogens with one attached hydrogen (secondary N) is 1. The van der Waals surface area contributed by atoms with E-state index in [2.05, 4.69) is 57.3 Å². The molecule has 114 valence electrons. The van der Waals surface area contributed by atoms with Gasteiger partial charge in [-0.15, -0.1) is 11.3 Å². The molecule has 0 aliphatic rings. The van der Waals surface area contributed by atoms with Crippen LogP contribution in [0.1, 0.15) is 37.6 Å². The fourth-order valence-corrected chi connectivity index (χ4v) is 3.05. The van der Waals surface area contributed by atoms with Crippen molar-refractivity contribution < 1.29 is 4.74 Å². The Kier molecular flexibility index (Phi) is 5.14. The summed E-state index contributed by atoms with van der Waals surface area (Å²) in [6, 6.07) is 10.8. The Bertz CT molecular complexity index is 576. The van der Waals surface area contributed by atoms with E-state index in [4.69, 9.17) is 9.72 Å². The first kappa shape index (κ1) is 16.1. The predicted molar refractivity (Wildman–Crippen MR) is 89.6 cm³/mol. The molecule has 0 radical (unpaired) electrons. The molecule has 0 bridgehead atoms. The molecule has 0 amide bonds. The van der Waals surface area contributed by atoms with E-state index in [1.54, 1.807) is 18.4 Å². The molecule has 1 aromatic carbocycles. The van der Waals surface area contributed by atoms with Gasteiger partial charge in [-0.1, -0.05) is 44.2 Å². The van der Waals surface area contributed by atoms with Crippen molar-refractivity contribution in [2.24, 2.45) is 0 Å². The maximum absolute atomic E-state index is 5.58. The molecule has 2 rings (SSSR count). The molecule has 0 saturated carbocycles. The predicted octanol–water partition coefficient (Wildman–Crippen LogP) is 4.19. The van der Waals surface area contributed by atoms with Gasteiger partial charge < -0.3 is 10.1 Å². The van der Waals surface area contributed by atoms with Crippen LogP contribution in [0.4, 0.5) is 0 Å². The van der Waals surface area contributed by atoms with Crippen LogP contribution in [-0.4, -0.2) is 18.1 Å². The van der Waals surface area contributed by atoms with Crippen LogP contribution in [0.5, 0.6) is 0 Å². The van der Waals surface area contributed by atoms with E-state index in [1.165, 1.54) is 4.88 Å². The van der Waals surface area contributed by atoms with Gasteiger partial charge in [-0.3, -0.25) is 0 Å². The highest BCUT2D eigenvalue weighted by molar-refractivity contribution is 7.12. The van der Waals surface area contributed by atoms with Crippen LogP contribution in [0.2, 0.25) is 0 Å². The van der Waals surface area contributed by atoms with Crippen molar-refractivity contribution in [1.29, 1.82) is 0 Å². The summed E-state index contributed by atoms with van der Waals surface area (Å²) in [5, 5.41) is 4.50. The molecule has 21 heavy (non-hydrogen) atoms. The van der Waals surface area contributed by atoms with Crippen molar-refractivity contribution >= 4 is 11.3 Å². The minimum Gasteiger partial charge on any atom is -0.372 e. The van der Waals surface area contributed by atoms with Crippen LogP contribution < -0.4 is 5.32 Å². The number of rotatable bonds is 6. The SMILES string of the molecule is COC(C)(C)c1nc(-c2ccccc2)c(CNC(C)C)s1. The van der Waals surface area contributed by atoms with Crippen molar-refractivity contribution in [2.75, 3.05) is 7.11 Å². The van der Waals surface area contributed by atoms with Gasteiger partial charge in [-0.2, -0.15) is 0 Å². The molecule has 0 aliphatic heterocycles. The molecule has 2 aromatic rings. The van der Waals surface area contributed by atoms with E-state index in [1.807, 2.05) is 6.07 Å². The highest BCUT2D eigenvalue weighted by Gasteiger charge is 2.26. The number of hydrogen-bond donors (Lipinski definition) is 1. The van der Waals surface area contributed by atoms with Crippen molar-refractivity contribution in [3.8, 4) is 11.3 Å². The lowest BCUT2D eigenvalue weighted by atomic mass is 10.1. The highest BCUT2D eigenvalue weighted by atomic mass is 32.1. The lowest BCUT2D eigenvalue weighted by molar-refractivity contribution is 0.0191. The third-order valence-corrected chi connectivity index (χ3v) is 4.80. The molecule has 3 nitrogen and oxygen atoms in total. The van der Waals surface area contributed by atoms with Gasteiger partial charge >= 0.3 is 0 Å². The number of aromatic nitrogens is 1.